The molecule has 0 saturated heterocycles. The van der Waals surface area contributed by atoms with Crippen LogP contribution >= 0.6 is 0 Å². The predicted molar refractivity (Wildman–Crippen MR) is 110 cm³/mol. The Bertz CT molecular complexity index is 688. The molecule has 0 amide bonds. The van der Waals surface area contributed by atoms with E-state index in [1.807, 2.05) is 48.5 Å². The SMILES string of the molecule is N#CCCc1ccc(OCCCCCCOc2ccc(CCC#N)cc2)cc1. The first-order chi connectivity index (χ1) is 13.8. The van der Waals surface area contributed by atoms with Gasteiger partial charge in [0.15, 0.2) is 0 Å². The number of hydrogen-bond acceptors (Lipinski definition) is 4. The Labute approximate surface area is 168 Å². The minimum absolute atomic E-state index is 0.553. The summed E-state index contributed by atoms with van der Waals surface area (Å²) in [5.74, 6) is 1.78. The molecule has 0 fully saturated rings. The standard InChI is InChI=1S/C24H28N2O2/c25-17-5-7-21-9-13-23(14-10-21)27-19-3-1-2-4-20-28-24-15-11-22(12-16-24)8-6-18-26/h9-16H,1-8,19-20H2. The van der Waals surface area contributed by atoms with E-state index in [4.69, 9.17) is 20.0 Å². The topological polar surface area (TPSA) is 66.0 Å². The second-order valence-electron chi connectivity index (χ2n) is 6.72. The molecule has 4 heteroatoms. The zero-order valence-corrected chi connectivity index (χ0v) is 16.4. The van der Waals surface area contributed by atoms with Crippen molar-refractivity contribution in [2.75, 3.05) is 13.2 Å². The van der Waals surface area contributed by atoms with Gasteiger partial charge in [-0.2, -0.15) is 10.5 Å². The second kappa shape index (κ2) is 13.2. The van der Waals surface area contributed by atoms with E-state index in [1.54, 1.807) is 0 Å². The maximum atomic E-state index is 8.61. The first-order valence-corrected chi connectivity index (χ1v) is 9.99. The van der Waals surface area contributed by atoms with E-state index in [9.17, 15) is 0 Å². The highest BCUT2D eigenvalue weighted by Gasteiger charge is 1.98. The van der Waals surface area contributed by atoms with Crippen LogP contribution in [-0.4, -0.2) is 13.2 Å². The van der Waals surface area contributed by atoms with Crippen LogP contribution in [0.3, 0.4) is 0 Å². The minimum atomic E-state index is 0.553. The van der Waals surface area contributed by atoms with Gasteiger partial charge in [0.05, 0.1) is 25.4 Å². The fraction of sp³-hybridized carbons (Fsp3) is 0.417. The van der Waals surface area contributed by atoms with Gasteiger partial charge in [0.25, 0.3) is 0 Å². The van der Waals surface area contributed by atoms with Gasteiger partial charge in [-0.15, -0.1) is 0 Å². The molecule has 0 unspecified atom stereocenters. The molecule has 0 saturated carbocycles. The van der Waals surface area contributed by atoms with Crippen molar-refractivity contribution in [1.82, 2.24) is 0 Å². The summed E-state index contributed by atoms with van der Waals surface area (Å²) in [5, 5.41) is 17.2. The Kier molecular flexibility index (Phi) is 10.1. The van der Waals surface area contributed by atoms with E-state index < -0.39 is 0 Å². The molecule has 28 heavy (non-hydrogen) atoms. The lowest BCUT2D eigenvalue weighted by Crippen LogP contribution is -2.00. The molecule has 146 valence electrons. The molecule has 0 radical (unpaired) electrons. The Hall–Kier alpha value is -2.98. The molecule has 0 N–H and O–H groups in total. The summed E-state index contributed by atoms with van der Waals surface area (Å²) in [5.41, 5.74) is 2.34. The summed E-state index contributed by atoms with van der Waals surface area (Å²) < 4.78 is 11.5. The summed E-state index contributed by atoms with van der Waals surface area (Å²) in [7, 11) is 0. The van der Waals surface area contributed by atoms with E-state index in [0.29, 0.717) is 12.8 Å². The Morgan fingerprint density at radius 3 is 1.32 bits per heavy atom. The smallest absolute Gasteiger partial charge is 0.119 e. The van der Waals surface area contributed by atoms with Gasteiger partial charge in [-0.05, 0) is 73.9 Å². The molecule has 0 spiro atoms. The number of hydrogen-bond donors (Lipinski definition) is 0. The van der Waals surface area contributed by atoms with Gasteiger partial charge < -0.3 is 9.47 Å². The minimum Gasteiger partial charge on any atom is -0.494 e. The second-order valence-corrected chi connectivity index (χ2v) is 6.72. The van der Waals surface area contributed by atoms with Gasteiger partial charge in [0.2, 0.25) is 0 Å². The quantitative estimate of drug-likeness (QED) is 0.426. The van der Waals surface area contributed by atoms with Gasteiger partial charge in [0.1, 0.15) is 11.5 Å². The fourth-order valence-electron chi connectivity index (χ4n) is 2.84. The van der Waals surface area contributed by atoms with Crippen LogP contribution in [0.1, 0.15) is 49.7 Å². The highest BCUT2D eigenvalue weighted by Crippen LogP contribution is 2.15. The van der Waals surface area contributed by atoms with Crippen LogP contribution in [0.15, 0.2) is 48.5 Å². The first-order valence-electron chi connectivity index (χ1n) is 9.99. The van der Waals surface area contributed by atoms with Crippen LogP contribution in [0.4, 0.5) is 0 Å². The average molecular weight is 377 g/mol. The Morgan fingerprint density at radius 1 is 0.571 bits per heavy atom. The molecular weight excluding hydrogens is 348 g/mol. The molecule has 0 aromatic heterocycles. The molecule has 0 aliphatic heterocycles. The summed E-state index contributed by atoms with van der Waals surface area (Å²) in [6.45, 7) is 1.45. The predicted octanol–water partition coefficient (Wildman–Crippen LogP) is 5.62. The monoisotopic (exact) mass is 376 g/mol. The van der Waals surface area contributed by atoms with Crippen molar-refractivity contribution in [3.8, 4) is 23.6 Å². The Morgan fingerprint density at radius 2 is 0.964 bits per heavy atom. The molecule has 2 aromatic rings. The van der Waals surface area contributed by atoms with Crippen LogP contribution in [0.25, 0.3) is 0 Å². The van der Waals surface area contributed by atoms with Crippen molar-refractivity contribution in [1.29, 1.82) is 10.5 Å². The fourth-order valence-corrected chi connectivity index (χ4v) is 2.84. The highest BCUT2D eigenvalue weighted by atomic mass is 16.5. The third kappa shape index (κ3) is 8.60. The van der Waals surface area contributed by atoms with Crippen molar-refractivity contribution in [2.45, 2.75) is 51.4 Å². The zero-order valence-electron chi connectivity index (χ0n) is 16.4. The summed E-state index contributed by atoms with van der Waals surface area (Å²) in [4.78, 5) is 0. The first kappa shape index (κ1) is 21.3. The summed E-state index contributed by atoms with van der Waals surface area (Å²) in [6, 6.07) is 20.3. The van der Waals surface area contributed by atoms with Crippen molar-refractivity contribution in [3.63, 3.8) is 0 Å². The Balaban J connectivity index is 1.49. The van der Waals surface area contributed by atoms with Crippen LogP contribution < -0.4 is 9.47 Å². The number of aryl methyl sites for hydroxylation is 2. The van der Waals surface area contributed by atoms with Gasteiger partial charge in [-0.3, -0.25) is 0 Å². The number of rotatable bonds is 13. The van der Waals surface area contributed by atoms with Gasteiger partial charge >= 0.3 is 0 Å². The number of benzene rings is 2. The van der Waals surface area contributed by atoms with E-state index in [0.717, 1.165) is 63.2 Å². The van der Waals surface area contributed by atoms with Crippen LogP contribution in [0.2, 0.25) is 0 Å². The van der Waals surface area contributed by atoms with Crippen molar-refractivity contribution in [2.24, 2.45) is 0 Å². The van der Waals surface area contributed by atoms with Gasteiger partial charge in [-0.1, -0.05) is 24.3 Å². The molecule has 4 nitrogen and oxygen atoms in total. The van der Waals surface area contributed by atoms with Crippen LogP contribution in [-0.2, 0) is 12.8 Å². The normalized spacial score (nSPS) is 10.1. The third-order valence-corrected chi connectivity index (χ3v) is 4.47. The zero-order chi connectivity index (χ0) is 19.9. The van der Waals surface area contributed by atoms with Crippen molar-refractivity contribution >= 4 is 0 Å². The van der Waals surface area contributed by atoms with E-state index in [-0.39, 0.29) is 0 Å². The average Bonchev–Trinajstić information content (AvgIpc) is 2.74. The lowest BCUT2D eigenvalue weighted by atomic mass is 10.1. The molecule has 0 atom stereocenters. The lowest BCUT2D eigenvalue weighted by Gasteiger charge is -2.08. The molecule has 0 heterocycles. The molecular formula is C24H28N2O2. The van der Waals surface area contributed by atoms with Crippen molar-refractivity contribution < 1.29 is 9.47 Å². The largest absolute Gasteiger partial charge is 0.494 e. The molecule has 0 aliphatic carbocycles. The van der Waals surface area contributed by atoms with E-state index in [2.05, 4.69) is 12.1 Å². The van der Waals surface area contributed by atoms with Crippen molar-refractivity contribution in [3.05, 3.63) is 59.7 Å². The summed E-state index contributed by atoms with van der Waals surface area (Å²) in [6.07, 6.45) is 7.00. The number of nitriles is 2. The van der Waals surface area contributed by atoms with Gasteiger partial charge in [-0.25, -0.2) is 0 Å². The molecule has 0 bridgehead atoms. The number of ether oxygens (including phenoxy) is 2. The molecule has 2 aromatic carbocycles. The van der Waals surface area contributed by atoms with Crippen LogP contribution in [0.5, 0.6) is 11.5 Å². The van der Waals surface area contributed by atoms with E-state index >= 15 is 0 Å². The maximum Gasteiger partial charge on any atom is 0.119 e. The molecule has 2 rings (SSSR count). The lowest BCUT2D eigenvalue weighted by molar-refractivity contribution is 0.287. The van der Waals surface area contributed by atoms with Gasteiger partial charge in [0, 0.05) is 12.8 Å². The summed E-state index contributed by atoms with van der Waals surface area (Å²) >= 11 is 0. The number of nitrogens with zero attached hydrogens (tertiary/aromatic N) is 2. The third-order valence-electron chi connectivity index (χ3n) is 4.47. The van der Waals surface area contributed by atoms with Crippen LogP contribution in [0, 0.1) is 22.7 Å². The number of unbranched alkanes of at least 4 members (excludes halogenated alkanes) is 3. The highest BCUT2D eigenvalue weighted by molar-refractivity contribution is 5.28. The maximum absolute atomic E-state index is 8.61. The van der Waals surface area contributed by atoms with E-state index in [1.165, 1.54) is 11.1 Å². The molecule has 0 aliphatic rings.